The van der Waals surface area contributed by atoms with Crippen LogP contribution in [0.2, 0.25) is 0 Å². The zero-order valence-electron chi connectivity index (χ0n) is 18.9. The summed E-state index contributed by atoms with van der Waals surface area (Å²) in [7, 11) is 1.79. The van der Waals surface area contributed by atoms with Gasteiger partial charge >= 0.3 is 0 Å². The lowest BCUT2D eigenvalue weighted by molar-refractivity contribution is -0.119. The Balaban J connectivity index is 0.00000363. The Kier molecular flexibility index (Phi) is 11.5. The Labute approximate surface area is 207 Å². The molecule has 0 saturated carbocycles. The van der Waals surface area contributed by atoms with Crippen LogP contribution in [-0.2, 0) is 4.79 Å². The first-order valence-electron chi connectivity index (χ1n) is 11.2. The number of carbonyl (C=O) groups is 1. The molecule has 2 saturated heterocycles. The standard InChI is InChI=1S/C22H36FN7O.HI/c1-25-22(27-18-7-11-29(12-8-18)17-21(24)31)26-9-4-10-28-13-15-30(16-14-28)20-6-3-2-5-19(20)23;/h2-3,5-6,18H,4,7-17H2,1H3,(H2,24,31)(H2,25,26,27);1H. The zero-order valence-corrected chi connectivity index (χ0v) is 21.3. The predicted molar refractivity (Wildman–Crippen MR) is 138 cm³/mol. The highest BCUT2D eigenvalue weighted by molar-refractivity contribution is 14.0. The van der Waals surface area contributed by atoms with Crippen LogP contribution in [0.5, 0.6) is 0 Å². The first kappa shape index (κ1) is 26.6. The summed E-state index contributed by atoms with van der Waals surface area (Å²) in [5, 5.41) is 6.89. The van der Waals surface area contributed by atoms with Crippen LogP contribution in [0.4, 0.5) is 10.1 Å². The van der Waals surface area contributed by atoms with Crippen molar-refractivity contribution in [3.8, 4) is 0 Å². The fourth-order valence-electron chi connectivity index (χ4n) is 4.27. The van der Waals surface area contributed by atoms with Gasteiger partial charge in [0.1, 0.15) is 5.82 Å². The molecule has 0 radical (unpaired) electrons. The first-order chi connectivity index (χ1) is 15.0. The van der Waals surface area contributed by atoms with Crippen LogP contribution < -0.4 is 21.3 Å². The molecule has 0 aliphatic carbocycles. The van der Waals surface area contributed by atoms with Crippen molar-refractivity contribution < 1.29 is 9.18 Å². The van der Waals surface area contributed by atoms with Crippen LogP contribution in [0.1, 0.15) is 19.3 Å². The van der Waals surface area contributed by atoms with Gasteiger partial charge in [-0.25, -0.2) is 4.39 Å². The maximum atomic E-state index is 14.0. The predicted octanol–water partition coefficient (Wildman–Crippen LogP) is 1.07. The van der Waals surface area contributed by atoms with Gasteiger partial charge in [-0.2, -0.15) is 0 Å². The highest BCUT2D eigenvalue weighted by Gasteiger charge is 2.21. The largest absolute Gasteiger partial charge is 0.369 e. The van der Waals surface area contributed by atoms with E-state index in [2.05, 4.69) is 30.3 Å². The van der Waals surface area contributed by atoms with Crippen molar-refractivity contribution in [2.75, 3.05) is 70.9 Å². The van der Waals surface area contributed by atoms with E-state index in [-0.39, 0.29) is 35.7 Å². The Morgan fingerprint density at radius 2 is 1.81 bits per heavy atom. The molecule has 10 heteroatoms. The average molecular weight is 561 g/mol. The lowest BCUT2D eigenvalue weighted by Crippen LogP contribution is -2.50. The maximum Gasteiger partial charge on any atom is 0.231 e. The first-order valence-corrected chi connectivity index (χ1v) is 11.2. The number of hydrogen-bond donors (Lipinski definition) is 3. The number of guanidine groups is 1. The number of para-hydroxylation sites is 1. The summed E-state index contributed by atoms with van der Waals surface area (Å²) < 4.78 is 14.0. The lowest BCUT2D eigenvalue weighted by Gasteiger charge is -2.36. The minimum Gasteiger partial charge on any atom is -0.369 e. The Morgan fingerprint density at radius 1 is 1.12 bits per heavy atom. The van der Waals surface area contributed by atoms with Crippen LogP contribution in [0.15, 0.2) is 29.3 Å². The lowest BCUT2D eigenvalue weighted by atomic mass is 10.1. The fraction of sp³-hybridized carbons (Fsp3) is 0.636. The van der Waals surface area contributed by atoms with Crippen molar-refractivity contribution in [2.45, 2.75) is 25.3 Å². The number of rotatable bonds is 8. The van der Waals surface area contributed by atoms with E-state index in [1.165, 1.54) is 6.07 Å². The number of nitrogens with zero attached hydrogens (tertiary/aromatic N) is 4. The van der Waals surface area contributed by atoms with E-state index in [0.717, 1.165) is 77.6 Å². The van der Waals surface area contributed by atoms with Gasteiger partial charge in [0, 0.05) is 58.9 Å². The van der Waals surface area contributed by atoms with Gasteiger partial charge < -0.3 is 21.3 Å². The summed E-state index contributed by atoms with van der Waals surface area (Å²) in [5.74, 6) is 0.424. The second kappa shape index (κ2) is 13.8. The topological polar surface area (TPSA) is 89.2 Å². The molecule has 1 aromatic rings. The molecule has 32 heavy (non-hydrogen) atoms. The van der Waals surface area contributed by atoms with Gasteiger partial charge in [-0.3, -0.25) is 19.6 Å². The summed E-state index contributed by atoms with van der Waals surface area (Å²) in [6.45, 7) is 7.56. The number of nitrogens with one attached hydrogen (secondary N) is 2. The number of amides is 1. The third kappa shape index (κ3) is 8.36. The Morgan fingerprint density at radius 3 is 2.44 bits per heavy atom. The SMILES string of the molecule is CN=C(NCCCN1CCN(c2ccccc2F)CC1)NC1CCN(CC(N)=O)CC1.I. The monoisotopic (exact) mass is 561 g/mol. The van der Waals surface area contributed by atoms with Crippen molar-refractivity contribution in [3.05, 3.63) is 30.1 Å². The molecule has 4 N–H and O–H groups in total. The quantitative estimate of drug-likeness (QED) is 0.191. The number of piperidine rings is 1. The van der Waals surface area contributed by atoms with E-state index >= 15 is 0 Å². The molecule has 8 nitrogen and oxygen atoms in total. The molecule has 1 amide bonds. The van der Waals surface area contributed by atoms with Crippen molar-refractivity contribution >= 4 is 41.5 Å². The summed E-state index contributed by atoms with van der Waals surface area (Å²) in [4.78, 5) is 22.0. The Hall–Kier alpha value is -1.66. The van der Waals surface area contributed by atoms with E-state index in [1.54, 1.807) is 13.1 Å². The molecule has 3 rings (SSSR count). The van der Waals surface area contributed by atoms with Gasteiger partial charge in [-0.1, -0.05) is 12.1 Å². The van der Waals surface area contributed by atoms with Gasteiger partial charge in [0.2, 0.25) is 5.91 Å². The third-order valence-electron chi connectivity index (χ3n) is 6.04. The molecule has 0 atom stereocenters. The molecule has 2 aliphatic heterocycles. The van der Waals surface area contributed by atoms with Gasteiger partial charge in [0.25, 0.3) is 0 Å². The van der Waals surface area contributed by atoms with E-state index < -0.39 is 0 Å². The summed E-state index contributed by atoms with van der Waals surface area (Å²) in [6, 6.07) is 7.37. The number of anilines is 1. The normalized spacial score (nSPS) is 18.8. The highest BCUT2D eigenvalue weighted by Crippen LogP contribution is 2.20. The van der Waals surface area contributed by atoms with Crippen LogP contribution in [0, 0.1) is 5.82 Å². The number of halogens is 2. The van der Waals surface area contributed by atoms with Crippen molar-refractivity contribution in [3.63, 3.8) is 0 Å². The van der Waals surface area contributed by atoms with E-state index in [1.807, 2.05) is 12.1 Å². The number of primary amides is 1. The summed E-state index contributed by atoms with van der Waals surface area (Å²) >= 11 is 0. The van der Waals surface area contributed by atoms with E-state index in [4.69, 9.17) is 5.73 Å². The molecule has 1 aromatic carbocycles. The second-order valence-corrected chi connectivity index (χ2v) is 8.29. The Bertz CT molecular complexity index is 735. The number of aliphatic imine (C=N–C) groups is 1. The van der Waals surface area contributed by atoms with Crippen molar-refractivity contribution in [1.29, 1.82) is 0 Å². The van der Waals surface area contributed by atoms with Crippen molar-refractivity contribution in [1.82, 2.24) is 20.4 Å². The van der Waals surface area contributed by atoms with E-state index in [0.29, 0.717) is 18.3 Å². The number of benzene rings is 1. The molecule has 2 aliphatic rings. The smallest absolute Gasteiger partial charge is 0.231 e. The minimum absolute atomic E-state index is 0. The van der Waals surface area contributed by atoms with Gasteiger partial charge in [-0.05, 0) is 37.9 Å². The molecular formula is C22H37FIN7O. The number of nitrogens with two attached hydrogens (primary N) is 1. The number of carbonyl (C=O) groups excluding carboxylic acids is 1. The maximum absolute atomic E-state index is 14.0. The second-order valence-electron chi connectivity index (χ2n) is 8.29. The van der Waals surface area contributed by atoms with Crippen LogP contribution in [0.25, 0.3) is 0 Å². The van der Waals surface area contributed by atoms with Crippen LogP contribution in [0.3, 0.4) is 0 Å². The summed E-state index contributed by atoms with van der Waals surface area (Å²) in [6.07, 6.45) is 2.97. The van der Waals surface area contributed by atoms with Crippen LogP contribution in [-0.4, -0.2) is 93.7 Å². The molecule has 0 bridgehead atoms. The number of hydrogen-bond acceptors (Lipinski definition) is 5. The minimum atomic E-state index is -0.266. The van der Waals surface area contributed by atoms with E-state index in [9.17, 15) is 9.18 Å². The molecule has 2 fully saturated rings. The highest BCUT2D eigenvalue weighted by atomic mass is 127. The number of likely N-dealkylation sites (tertiary alicyclic amines) is 1. The van der Waals surface area contributed by atoms with Gasteiger partial charge in [0.15, 0.2) is 5.96 Å². The molecule has 0 unspecified atom stereocenters. The molecule has 0 spiro atoms. The molecule has 0 aromatic heterocycles. The zero-order chi connectivity index (χ0) is 22.1. The van der Waals surface area contributed by atoms with Gasteiger partial charge in [-0.15, -0.1) is 24.0 Å². The molecule has 180 valence electrons. The fourth-order valence-corrected chi connectivity index (χ4v) is 4.27. The molecule has 2 heterocycles. The molecular weight excluding hydrogens is 524 g/mol. The van der Waals surface area contributed by atoms with Gasteiger partial charge in [0.05, 0.1) is 12.2 Å². The van der Waals surface area contributed by atoms with Crippen molar-refractivity contribution in [2.24, 2.45) is 10.7 Å². The number of piperazine rings is 1. The van der Waals surface area contributed by atoms with Crippen LogP contribution >= 0.6 is 24.0 Å². The average Bonchev–Trinajstić information content (AvgIpc) is 2.77. The third-order valence-corrected chi connectivity index (χ3v) is 6.04. The summed E-state index contributed by atoms with van der Waals surface area (Å²) in [5.41, 5.74) is 5.98.